The van der Waals surface area contributed by atoms with Crippen molar-refractivity contribution in [3.63, 3.8) is 0 Å². The van der Waals surface area contributed by atoms with Crippen molar-refractivity contribution in [2.75, 3.05) is 19.8 Å². The summed E-state index contributed by atoms with van der Waals surface area (Å²) >= 11 is 5.84. The molecule has 0 heterocycles. The molecular formula is C21H24ClNO6. The van der Waals surface area contributed by atoms with Crippen LogP contribution in [0.2, 0.25) is 5.02 Å². The van der Waals surface area contributed by atoms with Crippen molar-refractivity contribution < 1.29 is 29.6 Å². The SMILES string of the molecule is CC(C)(Oc1ccc(C(=O)c2ccc(Cl)cc2)cc1)C(=O)NC(CO)(CO)CO. The average Bonchev–Trinajstić information content (AvgIpc) is 2.72. The number of aliphatic hydroxyl groups is 3. The molecule has 2 rings (SSSR count). The predicted molar refractivity (Wildman–Crippen MR) is 108 cm³/mol. The molecule has 156 valence electrons. The highest BCUT2D eigenvalue weighted by molar-refractivity contribution is 6.30. The van der Waals surface area contributed by atoms with Gasteiger partial charge in [-0.1, -0.05) is 11.6 Å². The van der Waals surface area contributed by atoms with Gasteiger partial charge in [-0.15, -0.1) is 0 Å². The quantitative estimate of drug-likeness (QED) is 0.457. The van der Waals surface area contributed by atoms with E-state index in [1.165, 1.54) is 13.8 Å². The predicted octanol–water partition coefficient (Wildman–Crippen LogP) is 1.56. The molecular weight excluding hydrogens is 398 g/mol. The zero-order chi connectivity index (χ0) is 21.7. The van der Waals surface area contributed by atoms with Gasteiger partial charge in [0, 0.05) is 16.1 Å². The number of ether oxygens (including phenoxy) is 1. The first-order valence-corrected chi connectivity index (χ1v) is 9.29. The van der Waals surface area contributed by atoms with Gasteiger partial charge < -0.3 is 25.4 Å². The Hall–Kier alpha value is -2.45. The lowest BCUT2D eigenvalue weighted by atomic mass is 10.00. The molecule has 0 aliphatic rings. The maximum absolute atomic E-state index is 12.5. The van der Waals surface area contributed by atoms with Crippen molar-refractivity contribution in [1.82, 2.24) is 5.32 Å². The van der Waals surface area contributed by atoms with Crippen molar-refractivity contribution in [3.8, 4) is 5.75 Å². The number of halogens is 1. The zero-order valence-corrected chi connectivity index (χ0v) is 16.9. The fraction of sp³-hybridized carbons (Fsp3) is 0.333. The third-order valence-corrected chi connectivity index (χ3v) is 4.68. The van der Waals surface area contributed by atoms with Crippen LogP contribution in [-0.2, 0) is 4.79 Å². The van der Waals surface area contributed by atoms with Crippen molar-refractivity contribution in [1.29, 1.82) is 0 Å². The number of ketones is 1. The topological polar surface area (TPSA) is 116 Å². The van der Waals surface area contributed by atoms with Gasteiger partial charge in [-0.3, -0.25) is 9.59 Å². The molecule has 0 fully saturated rings. The van der Waals surface area contributed by atoms with E-state index >= 15 is 0 Å². The minimum atomic E-state index is -1.55. The second kappa shape index (κ2) is 9.37. The van der Waals surface area contributed by atoms with E-state index in [0.717, 1.165) is 0 Å². The molecule has 0 saturated carbocycles. The van der Waals surface area contributed by atoms with Crippen molar-refractivity contribution in [2.45, 2.75) is 25.0 Å². The lowest BCUT2D eigenvalue weighted by Gasteiger charge is -2.33. The molecule has 0 saturated heterocycles. The minimum absolute atomic E-state index is 0.177. The van der Waals surface area contributed by atoms with Gasteiger partial charge in [0.2, 0.25) is 0 Å². The van der Waals surface area contributed by atoms with Crippen LogP contribution in [-0.4, -0.2) is 58.0 Å². The van der Waals surface area contributed by atoms with E-state index in [1.807, 2.05) is 0 Å². The first kappa shape index (κ1) is 22.8. The van der Waals surface area contributed by atoms with Gasteiger partial charge in [0.1, 0.15) is 11.3 Å². The highest BCUT2D eigenvalue weighted by Gasteiger charge is 2.37. The number of carbonyl (C=O) groups is 2. The number of rotatable bonds is 9. The molecule has 0 spiro atoms. The maximum atomic E-state index is 12.5. The van der Waals surface area contributed by atoms with Crippen LogP contribution in [0.3, 0.4) is 0 Å². The van der Waals surface area contributed by atoms with E-state index < -0.39 is 36.9 Å². The van der Waals surface area contributed by atoms with E-state index in [0.29, 0.717) is 21.9 Å². The molecule has 0 aliphatic carbocycles. The van der Waals surface area contributed by atoms with E-state index in [-0.39, 0.29) is 5.78 Å². The Labute approximate surface area is 173 Å². The number of hydrogen-bond acceptors (Lipinski definition) is 6. The summed E-state index contributed by atoms with van der Waals surface area (Å²) in [7, 11) is 0. The normalized spacial score (nSPS) is 11.8. The number of nitrogens with one attached hydrogen (secondary N) is 1. The molecule has 0 aromatic heterocycles. The lowest BCUT2D eigenvalue weighted by molar-refractivity contribution is -0.138. The fourth-order valence-corrected chi connectivity index (χ4v) is 2.57. The standard InChI is InChI=1S/C21H24ClNO6/c1-20(2,19(28)23-21(11-24,12-25)13-26)29-17-9-5-15(6-10-17)18(27)14-3-7-16(22)8-4-14/h3-10,24-26H,11-13H2,1-2H3,(H,23,28). The number of amides is 1. The van der Waals surface area contributed by atoms with Crippen LogP contribution in [0.15, 0.2) is 48.5 Å². The summed E-state index contributed by atoms with van der Waals surface area (Å²) in [5.41, 5.74) is -1.98. The van der Waals surface area contributed by atoms with Crippen molar-refractivity contribution >= 4 is 23.3 Å². The number of benzene rings is 2. The Balaban J connectivity index is 2.10. The molecule has 8 heteroatoms. The van der Waals surface area contributed by atoms with Crippen LogP contribution < -0.4 is 10.1 Å². The average molecular weight is 422 g/mol. The van der Waals surface area contributed by atoms with E-state index in [1.54, 1.807) is 48.5 Å². The molecule has 4 N–H and O–H groups in total. The third-order valence-electron chi connectivity index (χ3n) is 4.43. The molecule has 0 radical (unpaired) electrons. The van der Waals surface area contributed by atoms with Crippen LogP contribution in [0.5, 0.6) is 5.75 Å². The Morgan fingerprint density at radius 3 is 1.79 bits per heavy atom. The van der Waals surface area contributed by atoms with Gasteiger partial charge in [-0.2, -0.15) is 0 Å². The van der Waals surface area contributed by atoms with Gasteiger partial charge in [0.05, 0.1) is 19.8 Å². The van der Waals surface area contributed by atoms with E-state index in [2.05, 4.69) is 5.32 Å². The smallest absolute Gasteiger partial charge is 0.264 e. The molecule has 0 atom stereocenters. The lowest BCUT2D eigenvalue weighted by Crippen LogP contribution is -2.62. The second-order valence-electron chi connectivity index (χ2n) is 7.18. The first-order chi connectivity index (χ1) is 13.7. The summed E-state index contributed by atoms with van der Waals surface area (Å²) in [5, 5.41) is 31.0. The third kappa shape index (κ3) is 5.55. The summed E-state index contributed by atoms with van der Waals surface area (Å²) in [5.74, 6) is -0.458. The van der Waals surface area contributed by atoms with Crippen molar-refractivity contribution in [3.05, 3.63) is 64.7 Å². The Morgan fingerprint density at radius 2 is 1.34 bits per heavy atom. The van der Waals surface area contributed by atoms with Crippen LogP contribution >= 0.6 is 11.6 Å². The molecule has 0 bridgehead atoms. The monoisotopic (exact) mass is 421 g/mol. The fourth-order valence-electron chi connectivity index (χ4n) is 2.44. The van der Waals surface area contributed by atoms with Gasteiger partial charge in [-0.25, -0.2) is 0 Å². The van der Waals surface area contributed by atoms with Crippen LogP contribution in [0.1, 0.15) is 29.8 Å². The summed E-state index contributed by atoms with van der Waals surface area (Å²) in [6, 6.07) is 12.8. The van der Waals surface area contributed by atoms with Crippen LogP contribution in [0.4, 0.5) is 0 Å². The summed E-state index contributed by atoms with van der Waals surface area (Å²) in [6.07, 6.45) is 0. The van der Waals surface area contributed by atoms with E-state index in [9.17, 15) is 24.9 Å². The second-order valence-corrected chi connectivity index (χ2v) is 7.62. The molecule has 29 heavy (non-hydrogen) atoms. The molecule has 2 aromatic carbocycles. The molecule has 2 aromatic rings. The largest absolute Gasteiger partial charge is 0.478 e. The zero-order valence-electron chi connectivity index (χ0n) is 16.2. The van der Waals surface area contributed by atoms with Gasteiger partial charge in [-0.05, 0) is 62.4 Å². The number of aliphatic hydroxyl groups excluding tert-OH is 3. The van der Waals surface area contributed by atoms with Gasteiger partial charge >= 0.3 is 0 Å². The Kier molecular flexibility index (Phi) is 7.37. The Morgan fingerprint density at radius 1 is 0.897 bits per heavy atom. The van der Waals surface area contributed by atoms with Gasteiger partial charge in [0.25, 0.3) is 5.91 Å². The molecule has 0 aliphatic heterocycles. The number of hydrogen-bond donors (Lipinski definition) is 4. The molecule has 7 nitrogen and oxygen atoms in total. The van der Waals surface area contributed by atoms with Crippen molar-refractivity contribution in [2.24, 2.45) is 0 Å². The van der Waals surface area contributed by atoms with Gasteiger partial charge in [0.15, 0.2) is 11.4 Å². The number of carbonyl (C=O) groups excluding carboxylic acids is 2. The summed E-state index contributed by atoms with van der Waals surface area (Å²) < 4.78 is 5.71. The minimum Gasteiger partial charge on any atom is -0.478 e. The molecule has 1 amide bonds. The highest BCUT2D eigenvalue weighted by Crippen LogP contribution is 2.22. The summed E-state index contributed by atoms with van der Waals surface area (Å²) in [4.78, 5) is 25.0. The van der Waals surface area contributed by atoms with Crippen LogP contribution in [0, 0.1) is 0 Å². The molecule has 0 unspecified atom stereocenters. The maximum Gasteiger partial charge on any atom is 0.264 e. The van der Waals surface area contributed by atoms with E-state index in [4.69, 9.17) is 16.3 Å². The first-order valence-electron chi connectivity index (χ1n) is 8.91. The summed E-state index contributed by atoms with van der Waals surface area (Å²) in [6.45, 7) is 1.11. The van der Waals surface area contributed by atoms with Crippen LogP contribution in [0.25, 0.3) is 0 Å². The Bertz CT molecular complexity index is 836. The highest BCUT2D eigenvalue weighted by atomic mass is 35.5.